The standard InChI is InChI=1S/C16H24N2O3/c1-3-4-10-18(11-13(2)16(20)21)12-15(19)17-14-8-6-5-7-9-14/h5-9,13H,3-4,10-12H2,1-2H3,(H,17,19)(H,20,21). The number of carbonyl (C=O) groups excluding carboxylic acids is 1. The Hall–Kier alpha value is -1.88. The van der Waals surface area contributed by atoms with Crippen molar-refractivity contribution < 1.29 is 14.7 Å². The first kappa shape index (κ1) is 17.2. The third kappa shape index (κ3) is 6.90. The number of carboxylic acid groups (broad SMARTS) is 1. The first-order valence-electron chi connectivity index (χ1n) is 7.33. The Morgan fingerprint density at radius 2 is 1.95 bits per heavy atom. The van der Waals surface area contributed by atoms with Gasteiger partial charge in [-0.25, -0.2) is 0 Å². The molecule has 2 N–H and O–H groups in total. The van der Waals surface area contributed by atoms with Gasteiger partial charge in [-0.1, -0.05) is 38.5 Å². The fourth-order valence-electron chi connectivity index (χ4n) is 2.01. The molecular formula is C16H24N2O3. The number of carboxylic acids is 1. The summed E-state index contributed by atoms with van der Waals surface area (Å²) in [5, 5.41) is 11.8. The molecule has 1 atom stereocenters. The van der Waals surface area contributed by atoms with Gasteiger partial charge in [-0.05, 0) is 25.1 Å². The van der Waals surface area contributed by atoms with Crippen LogP contribution in [0.15, 0.2) is 30.3 Å². The highest BCUT2D eigenvalue weighted by atomic mass is 16.4. The topological polar surface area (TPSA) is 69.6 Å². The van der Waals surface area contributed by atoms with Crippen molar-refractivity contribution in [2.24, 2.45) is 5.92 Å². The van der Waals surface area contributed by atoms with Crippen molar-refractivity contribution in [2.75, 3.05) is 25.0 Å². The van der Waals surface area contributed by atoms with Gasteiger partial charge in [0.2, 0.25) is 5.91 Å². The van der Waals surface area contributed by atoms with E-state index in [-0.39, 0.29) is 12.5 Å². The summed E-state index contributed by atoms with van der Waals surface area (Å²) in [6, 6.07) is 9.26. The molecule has 0 saturated heterocycles. The molecule has 0 fully saturated rings. The summed E-state index contributed by atoms with van der Waals surface area (Å²) in [5.41, 5.74) is 0.754. The quantitative estimate of drug-likeness (QED) is 0.733. The van der Waals surface area contributed by atoms with Crippen LogP contribution in [0.1, 0.15) is 26.7 Å². The number of para-hydroxylation sites is 1. The maximum atomic E-state index is 12.0. The van der Waals surface area contributed by atoms with Crippen LogP contribution in [0.25, 0.3) is 0 Å². The number of carbonyl (C=O) groups is 2. The van der Waals surface area contributed by atoms with E-state index in [2.05, 4.69) is 12.2 Å². The lowest BCUT2D eigenvalue weighted by Crippen LogP contribution is -2.38. The summed E-state index contributed by atoms with van der Waals surface area (Å²) in [6.45, 7) is 5.07. The lowest BCUT2D eigenvalue weighted by molar-refractivity contribution is -0.142. The summed E-state index contributed by atoms with van der Waals surface area (Å²) < 4.78 is 0. The maximum absolute atomic E-state index is 12.0. The number of rotatable bonds is 9. The minimum atomic E-state index is -0.833. The second kappa shape index (κ2) is 9.13. The van der Waals surface area contributed by atoms with Gasteiger partial charge >= 0.3 is 5.97 Å². The fourth-order valence-corrected chi connectivity index (χ4v) is 2.01. The summed E-state index contributed by atoms with van der Waals surface area (Å²) in [5.74, 6) is -1.43. The SMILES string of the molecule is CCCCN(CC(=O)Nc1ccccc1)CC(C)C(=O)O. The van der Waals surface area contributed by atoms with Crippen LogP contribution in [0.3, 0.4) is 0 Å². The van der Waals surface area contributed by atoms with Crippen molar-refractivity contribution in [1.29, 1.82) is 0 Å². The predicted molar refractivity (Wildman–Crippen MR) is 83.2 cm³/mol. The average molecular weight is 292 g/mol. The average Bonchev–Trinajstić information content (AvgIpc) is 2.45. The van der Waals surface area contributed by atoms with E-state index in [0.717, 1.165) is 25.1 Å². The number of anilines is 1. The highest BCUT2D eigenvalue weighted by Gasteiger charge is 2.18. The van der Waals surface area contributed by atoms with Crippen molar-refractivity contribution in [3.63, 3.8) is 0 Å². The molecule has 5 nitrogen and oxygen atoms in total. The highest BCUT2D eigenvalue weighted by Crippen LogP contribution is 2.07. The first-order chi connectivity index (χ1) is 10.0. The van der Waals surface area contributed by atoms with Crippen molar-refractivity contribution in [3.05, 3.63) is 30.3 Å². The molecule has 1 unspecified atom stereocenters. The second-order valence-electron chi connectivity index (χ2n) is 5.24. The molecular weight excluding hydrogens is 268 g/mol. The van der Waals surface area contributed by atoms with Crippen LogP contribution in [0.4, 0.5) is 5.69 Å². The van der Waals surface area contributed by atoms with Gasteiger partial charge in [0.1, 0.15) is 0 Å². The molecule has 5 heteroatoms. The molecule has 21 heavy (non-hydrogen) atoms. The van der Waals surface area contributed by atoms with Crippen molar-refractivity contribution in [3.8, 4) is 0 Å². The summed E-state index contributed by atoms with van der Waals surface area (Å²) in [6.07, 6.45) is 1.96. The molecule has 1 aromatic carbocycles. The van der Waals surface area contributed by atoms with E-state index in [4.69, 9.17) is 5.11 Å². The van der Waals surface area contributed by atoms with Gasteiger partial charge in [-0.3, -0.25) is 14.5 Å². The fraction of sp³-hybridized carbons (Fsp3) is 0.500. The predicted octanol–water partition coefficient (Wildman–Crippen LogP) is 2.45. The zero-order chi connectivity index (χ0) is 15.7. The van der Waals surface area contributed by atoms with Crippen LogP contribution in [0.2, 0.25) is 0 Å². The number of hydrogen-bond acceptors (Lipinski definition) is 3. The van der Waals surface area contributed by atoms with Crippen molar-refractivity contribution in [2.45, 2.75) is 26.7 Å². The maximum Gasteiger partial charge on any atom is 0.307 e. The normalized spacial score (nSPS) is 12.1. The Morgan fingerprint density at radius 3 is 2.52 bits per heavy atom. The van der Waals surface area contributed by atoms with Crippen molar-refractivity contribution in [1.82, 2.24) is 4.90 Å². The number of benzene rings is 1. The number of amides is 1. The molecule has 0 aliphatic heterocycles. The Balaban J connectivity index is 2.54. The van der Waals surface area contributed by atoms with Crippen LogP contribution in [-0.2, 0) is 9.59 Å². The molecule has 0 bridgehead atoms. The number of hydrogen-bond donors (Lipinski definition) is 2. The lowest BCUT2D eigenvalue weighted by Gasteiger charge is -2.23. The van der Waals surface area contributed by atoms with Crippen LogP contribution < -0.4 is 5.32 Å². The summed E-state index contributed by atoms with van der Waals surface area (Å²) in [7, 11) is 0. The van der Waals surface area contributed by atoms with E-state index >= 15 is 0 Å². The van der Waals surface area contributed by atoms with Gasteiger partial charge in [-0.15, -0.1) is 0 Å². The summed E-state index contributed by atoms with van der Waals surface area (Å²) in [4.78, 5) is 24.9. The van der Waals surface area contributed by atoms with Crippen LogP contribution in [-0.4, -0.2) is 41.5 Å². The molecule has 0 radical (unpaired) electrons. The van der Waals surface area contributed by atoms with Gasteiger partial charge in [0.05, 0.1) is 12.5 Å². The molecule has 0 aliphatic carbocycles. The number of nitrogens with one attached hydrogen (secondary N) is 1. The minimum absolute atomic E-state index is 0.116. The number of unbranched alkanes of at least 4 members (excludes halogenated alkanes) is 1. The largest absolute Gasteiger partial charge is 0.481 e. The summed E-state index contributed by atoms with van der Waals surface area (Å²) >= 11 is 0. The Morgan fingerprint density at radius 1 is 1.29 bits per heavy atom. The zero-order valence-corrected chi connectivity index (χ0v) is 12.7. The Kier molecular flexibility index (Phi) is 7.46. The van der Waals surface area contributed by atoms with Crippen LogP contribution in [0, 0.1) is 5.92 Å². The highest BCUT2D eigenvalue weighted by molar-refractivity contribution is 5.92. The third-order valence-electron chi connectivity index (χ3n) is 3.21. The van der Waals surface area contributed by atoms with Gasteiger partial charge in [0, 0.05) is 12.2 Å². The van der Waals surface area contributed by atoms with E-state index in [9.17, 15) is 9.59 Å². The Labute approximate surface area is 126 Å². The van der Waals surface area contributed by atoms with Crippen molar-refractivity contribution >= 4 is 17.6 Å². The third-order valence-corrected chi connectivity index (χ3v) is 3.21. The number of aliphatic carboxylic acids is 1. The molecule has 0 aliphatic rings. The van der Waals surface area contributed by atoms with E-state index in [1.807, 2.05) is 35.2 Å². The molecule has 1 aromatic rings. The van der Waals surface area contributed by atoms with Gasteiger partial charge in [0.15, 0.2) is 0 Å². The molecule has 0 heterocycles. The zero-order valence-electron chi connectivity index (χ0n) is 12.7. The van der Waals surface area contributed by atoms with Gasteiger partial charge in [0.25, 0.3) is 0 Å². The van der Waals surface area contributed by atoms with Gasteiger partial charge < -0.3 is 10.4 Å². The molecule has 1 rings (SSSR count). The number of nitrogens with zero attached hydrogens (tertiary/aromatic N) is 1. The van der Waals surface area contributed by atoms with Gasteiger partial charge in [-0.2, -0.15) is 0 Å². The van der Waals surface area contributed by atoms with E-state index < -0.39 is 11.9 Å². The molecule has 1 amide bonds. The van der Waals surface area contributed by atoms with Crippen LogP contribution in [0.5, 0.6) is 0 Å². The Bertz CT molecular complexity index is 448. The lowest BCUT2D eigenvalue weighted by atomic mass is 10.1. The van der Waals surface area contributed by atoms with E-state index in [1.165, 1.54) is 0 Å². The van der Waals surface area contributed by atoms with E-state index in [0.29, 0.717) is 6.54 Å². The van der Waals surface area contributed by atoms with Crippen LogP contribution >= 0.6 is 0 Å². The minimum Gasteiger partial charge on any atom is -0.481 e. The molecule has 116 valence electrons. The second-order valence-corrected chi connectivity index (χ2v) is 5.24. The molecule has 0 spiro atoms. The monoisotopic (exact) mass is 292 g/mol. The molecule has 0 aromatic heterocycles. The first-order valence-corrected chi connectivity index (χ1v) is 7.33. The molecule has 0 saturated carbocycles. The van der Waals surface area contributed by atoms with E-state index in [1.54, 1.807) is 6.92 Å². The smallest absolute Gasteiger partial charge is 0.307 e.